The zero-order chi connectivity index (χ0) is 13.7. The zero-order valence-electron chi connectivity index (χ0n) is 11.4. The molecule has 0 saturated heterocycles. The molecule has 104 valence electrons. The number of carbonyl (C=O) groups excluding carboxylic acids is 1. The van der Waals surface area contributed by atoms with Crippen LogP contribution in [-0.4, -0.2) is 33.1 Å². The first kappa shape index (κ1) is 13.9. The molecule has 1 aromatic heterocycles. The zero-order valence-corrected chi connectivity index (χ0v) is 11.4. The van der Waals surface area contributed by atoms with Gasteiger partial charge >= 0.3 is 0 Å². The van der Waals surface area contributed by atoms with Gasteiger partial charge in [-0.2, -0.15) is 0 Å². The van der Waals surface area contributed by atoms with Crippen LogP contribution in [0.3, 0.4) is 0 Å². The first-order valence-corrected chi connectivity index (χ1v) is 6.94. The van der Waals surface area contributed by atoms with Crippen LogP contribution < -0.4 is 5.32 Å². The number of aromatic nitrogens is 2. The maximum absolute atomic E-state index is 11.9. The lowest BCUT2D eigenvalue weighted by molar-refractivity contribution is 0.00525. The summed E-state index contributed by atoms with van der Waals surface area (Å²) in [6.45, 7) is 2.27. The standard InChI is InChI=1S/C14H21N3O2/c1-2-12-15-8-11(9-16-12)13(18)17-10-14(19)6-4-3-5-7-14/h8-9,19H,2-7,10H2,1H3,(H,17,18). The predicted molar refractivity (Wildman–Crippen MR) is 71.8 cm³/mol. The Kier molecular flexibility index (Phi) is 4.47. The fourth-order valence-electron chi connectivity index (χ4n) is 2.39. The summed E-state index contributed by atoms with van der Waals surface area (Å²) in [7, 11) is 0. The van der Waals surface area contributed by atoms with Crippen LogP contribution in [0.1, 0.15) is 55.2 Å². The lowest BCUT2D eigenvalue weighted by Gasteiger charge is -2.32. The number of hydrogen-bond donors (Lipinski definition) is 2. The molecule has 0 atom stereocenters. The molecule has 0 spiro atoms. The van der Waals surface area contributed by atoms with Gasteiger partial charge < -0.3 is 10.4 Å². The van der Waals surface area contributed by atoms with E-state index >= 15 is 0 Å². The quantitative estimate of drug-likeness (QED) is 0.862. The van der Waals surface area contributed by atoms with E-state index in [1.54, 1.807) is 0 Å². The van der Waals surface area contributed by atoms with Gasteiger partial charge in [-0.25, -0.2) is 9.97 Å². The average molecular weight is 263 g/mol. The molecule has 1 heterocycles. The Balaban J connectivity index is 1.89. The van der Waals surface area contributed by atoms with E-state index in [-0.39, 0.29) is 5.91 Å². The first-order valence-electron chi connectivity index (χ1n) is 6.94. The molecule has 5 heteroatoms. The molecular formula is C14H21N3O2. The molecule has 0 radical (unpaired) electrons. The number of rotatable bonds is 4. The van der Waals surface area contributed by atoms with Crippen molar-refractivity contribution in [2.24, 2.45) is 0 Å². The monoisotopic (exact) mass is 263 g/mol. The number of carbonyl (C=O) groups is 1. The molecular weight excluding hydrogens is 242 g/mol. The van der Waals surface area contributed by atoms with Crippen LogP contribution in [0.15, 0.2) is 12.4 Å². The highest BCUT2D eigenvalue weighted by Gasteiger charge is 2.29. The van der Waals surface area contributed by atoms with Crippen LogP contribution in [0.4, 0.5) is 0 Å². The van der Waals surface area contributed by atoms with Crippen molar-refractivity contribution < 1.29 is 9.90 Å². The normalized spacial score (nSPS) is 18.0. The summed E-state index contributed by atoms with van der Waals surface area (Å²) in [6.07, 6.45) is 8.57. The molecule has 0 unspecified atom stereocenters. The van der Waals surface area contributed by atoms with Crippen LogP contribution in [0.25, 0.3) is 0 Å². The van der Waals surface area contributed by atoms with Crippen molar-refractivity contribution in [3.05, 3.63) is 23.8 Å². The maximum atomic E-state index is 11.9. The van der Waals surface area contributed by atoms with Gasteiger partial charge in [0.15, 0.2) is 0 Å². The van der Waals surface area contributed by atoms with Crippen molar-refractivity contribution in [2.75, 3.05) is 6.54 Å². The Labute approximate surface area is 113 Å². The van der Waals surface area contributed by atoms with Gasteiger partial charge in [-0.05, 0) is 12.8 Å². The molecule has 1 aliphatic carbocycles. The molecule has 19 heavy (non-hydrogen) atoms. The minimum atomic E-state index is -0.738. The molecule has 2 N–H and O–H groups in total. The molecule has 1 aromatic rings. The fraction of sp³-hybridized carbons (Fsp3) is 0.643. The third-order valence-corrected chi connectivity index (χ3v) is 3.65. The molecule has 2 rings (SSSR count). The van der Waals surface area contributed by atoms with Gasteiger partial charge in [0.1, 0.15) is 5.82 Å². The molecule has 1 aliphatic rings. The lowest BCUT2D eigenvalue weighted by atomic mass is 9.85. The highest BCUT2D eigenvalue weighted by molar-refractivity contribution is 5.93. The van der Waals surface area contributed by atoms with Crippen molar-refractivity contribution in [1.82, 2.24) is 15.3 Å². The lowest BCUT2D eigenvalue weighted by Crippen LogP contribution is -2.44. The van der Waals surface area contributed by atoms with Crippen molar-refractivity contribution in [2.45, 2.75) is 51.0 Å². The second kappa shape index (κ2) is 6.10. The Morgan fingerprint density at radius 1 is 1.32 bits per heavy atom. The van der Waals surface area contributed by atoms with Crippen molar-refractivity contribution in [1.29, 1.82) is 0 Å². The van der Waals surface area contributed by atoms with E-state index in [9.17, 15) is 9.90 Å². The fourth-order valence-corrected chi connectivity index (χ4v) is 2.39. The van der Waals surface area contributed by atoms with Crippen molar-refractivity contribution in [3.63, 3.8) is 0 Å². The average Bonchev–Trinajstić information content (AvgIpc) is 2.46. The van der Waals surface area contributed by atoms with Crippen LogP contribution in [0.2, 0.25) is 0 Å². The number of amides is 1. The van der Waals surface area contributed by atoms with E-state index in [0.717, 1.165) is 37.9 Å². The molecule has 1 fully saturated rings. The van der Waals surface area contributed by atoms with Crippen LogP contribution in [0.5, 0.6) is 0 Å². The smallest absolute Gasteiger partial charge is 0.254 e. The van der Waals surface area contributed by atoms with Crippen LogP contribution >= 0.6 is 0 Å². The first-order chi connectivity index (χ1) is 9.13. The minimum Gasteiger partial charge on any atom is -0.388 e. The summed E-state index contributed by atoms with van der Waals surface area (Å²) in [5.41, 5.74) is -0.297. The molecule has 0 bridgehead atoms. The molecule has 5 nitrogen and oxygen atoms in total. The van der Waals surface area contributed by atoms with Gasteiger partial charge in [-0.3, -0.25) is 4.79 Å². The van der Waals surface area contributed by atoms with Gasteiger partial charge in [-0.15, -0.1) is 0 Å². The van der Waals surface area contributed by atoms with E-state index < -0.39 is 5.60 Å². The summed E-state index contributed by atoms with van der Waals surface area (Å²) < 4.78 is 0. The van der Waals surface area contributed by atoms with Crippen LogP contribution in [0, 0.1) is 0 Å². The number of aryl methyl sites for hydroxylation is 1. The minimum absolute atomic E-state index is 0.221. The summed E-state index contributed by atoms with van der Waals surface area (Å²) in [5, 5.41) is 13.1. The summed E-state index contributed by atoms with van der Waals surface area (Å²) in [4.78, 5) is 20.1. The van der Waals surface area contributed by atoms with E-state index in [4.69, 9.17) is 0 Å². The number of nitrogens with zero attached hydrogens (tertiary/aromatic N) is 2. The van der Waals surface area contributed by atoms with E-state index in [2.05, 4.69) is 15.3 Å². The highest BCUT2D eigenvalue weighted by Crippen LogP contribution is 2.27. The number of aliphatic hydroxyl groups is 1. The van der Waals surface area contributed by atoms with E-state index in [0.29, 0.717) is 12.1 Å². The Bertz CT molecular complexity index is 425. The van der Waals surface area contributed by atoms with Crippen LogP contribution in [-0.2, 0) is 6.42 Å². The van der Waals surface area contributed by atoms with Gasteiger partial charge in [0.25, 0.3) is 5.91 Å². The predicted octanol–water partition coefficient (Wildman–Crippen LogP) is 1.46. The number of nitrogens with one attached hydrogen (secondary N) is 1. The Hall–Kier alpha value is -1.49. The third kappa shape index (κ3) is 3.73. The van der Waals surface area contributed by atoms with Gasteiger partial charge in [0, 0.05) is 25.4 Å². The van der Waals surface area contributed by atoms with E-state index in [1.165, 1.54) is 18.8 Å². The van der Waals surface area contributed by atoms with Crippen molar-refractivity contribution >= 4 is 5.91 Å². The molecule has 1 saturated carbocycles. The maximum Gasteiger partial charge on any atom is 0.254 e. The van der Waals surface area contributed by atoms with Gasteiger partial charge in [-0.1, -0.05) is 26.2 Å². The highest BCUT2D eigenvalue weighted by atomic mass is 16.3. The summed E-state index contributed by atoms with van der Waals surface area (Å²) in [5.74, 6) is 0.504. The summed E-state index contributed by atoms with van der Waals surface area (Å²) in [6, 6.07) is 0. The largest absolute Gasteiger partial charge is 0.388 e. The van der Waals surface area contributed by atoms with Crippen molar-refractivity contribution in [3.8, 4) is 0 Å². The topological polar surface area (TPSA) is 75.1 Å². The number of hydrogen-bond acceptors (Lipinski definition) is 4. The second-order valence-electron chi connectivity index (χ2n) is 5.21. The second-order valence-corrected chi connectivity index (χ2v) is 5.21. The third-order valence-electron chi connectivity index (χ3n) is 3.65. The Morgan fingerprint density at radius 2 is 1.95 bits per heavy atom. The Morgan fingerprint density at radius 3 is 2.53 bits per heavy atom. The molecule has 1 amide bonds. The van der Waals surface area contributed by atoms with Gasteiger partial charge in [0.2, 0.25) is 0 Å². The molecule has 0 aliphatic heterocycles. The SMILES string of the molecule is CCc1ncc(C(=O)NCC2(O)CCCCC2)cn1. The van der Waals surface area contributed by atoms with E-state index in [1.807, 2.05) is 6.92 Å². The van der Waals surface area contributed by atoms with Gasteiger partial charge in [0.05, 0.1) is 11.2 Å². The molecule has 0 aromatic carbocycles. The summed E-state index contributed by atoms with van der Waals surface area (Å²) >= 11 is 0.